The monoisotopic (exact) mass is 363 g/mol. The zero-order chi connectivity index (χ0) is 17.8. The van der Waals surface area contributed by atoms with Crippen molar-refractivity contribution in [1.29, 1.82) is 0 Å². The zero-order valence-electron chi connectivity index (χ0n) is 14.2. The minimum absolute atomic E-state index is 0.641. The number of thioether (sulfide) groups is 1. The van der Waals surface area contributed by atoms with E-state index in [1.54, 1.807) is 16.4 Å². The largest absolute Gasteiger partial charge is 0.441 e. The Bertz CT molecular complexity index is 982. The first-order valence-electron chi connectivity index (χ1n) is 8.24. The van der Waals surface area contributed by atoms with Crippen LogP contribution in [0.25, 0.3) is 11.5 Å². The Morgan fingerprint density at radius 2 is 1.73 bits per heavy atom. The molecule has 0 fully saturated rings. The van der Waals surface area contributed by atoms with Crippen molar-refractivity contribution in [2.75, 3.05) is 0 Å². The number of hydrogen-bond donors (Lipinski definition) is 0. The molecular weight excluding hydrogens is 346 g/mol. The van der Waals surface area contributed by atoms with Gasteiger partial charge in [-0.2, -0.15) is 0 Å². The van der Waals surface area contributed by atoms with Gasteiger partial charge in [-0.05, 0) is 35.0 Å². The third kappa shape index (κ3) is 3.67. The Labute approximate surface area is 155 Å². The number of rotatable bonds is 6. The molecule has 2 aromatic carbocycles. The highest BCUT2D eigenvalue weighted by atomic mass is 32.2. The standard InChI is InChI=1S/C19H17N5OS/c1-14-17(20-18(25-14)16-10-6-3-7-11-16)13-26-19-21-22-23-24(19)12-15-8-4-2-5-9-15/h2-11H,12-13H2,1H3. The Morgan fingerprint density at radius 3 is 2.50 bits per heavy atom. The normalized spacial score (nSPS) is 11.0. The fraction of sp³-hybridized carbons (Fsp3) is 0.158. The molecule has 130 valence electrons. The Balaban J connectivity index is 1.47. The molecule has 2 heterocycles. The van der Waals surface area contributed by atoms with Gasteiger partial charge in [0, 0.05) is 11.3 Å². The second-order valence-corrected chi connectivity index (χ2v) is 6.72. The summed E-state index contributed by atoms with van der Waals surface area (Å²) in [5.74, 6) is 2.11. The van der Waals surface area contributed by atoms with Gasteiger partial charge in [0.05, 0.1) is 12.2 Å². The van der Waals surface area contributed by atoms with Crippen molar-refractivity contribution in [3.8, 4) is 11.5 Å². The molecule has 0 saturated carbocycles. The van der Waals surface area contributed by atoms with E-state index in [0.717, 1.165) is 27.7 Å². The smallest absolute Gasteiger partial charge is 0.226 e. The van der Waals surface area contributed by atoms with Crippen LogP contribution in [0.15, 0.2) is 70.2 Å². The molecule has 0 aliphatic rings. The van der Waals surface area contributed by atoms with Gasteiger partial charge < -0.3 is 4.42 Å². The summed E-state index contributed by atoms with van der Waals surface area (Å²) in [4.78, 5) is 4.63. The van der Waals surface area contributed by atoms with E-state index in [2.05, 4.69) is 32.6 Å². The number of benzene rings is 2. The summed E-state index contributed by atoms with van der Waals surface area (Å²) < 4.78 is 7.61. The predicted octanol–water partition coefficient (Wildman–Crippen LogP) is 3.98. The molecule has 0 unspecified atom stereocenters. The van der Waals surface area contributed by atoms with Gasteiger partial charge in [0.2, 0.25) is 11.0 Å². The molecular formula is C19H17N5OS. The minimum Gasteiger partial charge on any atom is -0.441 e. The summed E-state index contributed by atoms with van der Waals surface area (Å²) in [5.41, 5.74) is 3.04. The maximum absolute atomic E-state index is 5.81. The number of nitrogens with zero attached hydrogens (tertiary/aromatic N) is 5. The van der Waals surface area contributed by atoms with E-state index >= 15 is 0 Å². The first kappa shape index (κ1) is 16.5. The van der Waals surface area contributed by atoms with Crippen LogP contribution in [0.3, 0.4) is 0 Å². The van der Waals surface area contributed by atoms with Crippen LogP contribution in [0.2, 0.25) is 0 Å². The lowest BCUT2D eigenvalue weighted by molar-refractivity contribution is 0.540. The van der Waals surface area contributed by atoms with Crippen molar-refractivity contribution >= 4 is 11.8 Å². The molecule has 26 heavy (non-hydrogen) atoms. The highest BCUT2D eigenvalue weighted by Crippen LogP contribution is 2.26. The summed E-state index contributed by atoms with van der Waals surface area (Å²) in [5, 5.41) is 12.8. The van der Waals surface area contributed by atoms with Crippen LogP contribution < -0.4 is 0 Å². The summed E-state index contributed by atoms with van der Waals surface area (Å²) in [6, 6.07) is 20.0. The molecule has 0 aliphatic heterocycles. The summed E-state index contributed by atoms with van der Waals surface area (Å²) in [6.45, 7) is 2.57. The number of aromatic nitrogens is 5. The number of aryl methyl sites for hydroxylation is 1. The fourth-order valence-corrected chi connectivity index (χ4v) is 3.43. The Morgan fingerprint density at radius 1 is 1.00 bits per heavy atom. The lowest BCUT2D eigenvalue weighted by Crippen LogP contribution is -2.03. The highest BCUT2D eigenvalue weighted by Gasteiger charge is 2.14. The topological polar surface area (TPSA) is 69.6 Å². The van der Waals surface area contributed by atoms with Crippen molar-refractivity contribution in [3.05, 3.63) is 77.7 Å². The number of hydrogen-bond acceptors (Lipinski definition) is 6. The molecule has 0 atom stereocenters. The summed E-state index contributed by atoms with van der Waals surface area (Å²) in [6.07, 6.45) is 0. The highest BCUT2D eigenvalue weighted by molar-refractivity contribution is 7.98. The van der Waals surface area contributed by atoms with Gasteiger partial charge in [-0.15, -0.1) is 5.10 Å². The quantitative estimate of drug-likeness (QED) is 0.483. The van der Waals surface area contributed by atoms with E-state index in [9.17, 15) is 0 Å². The van der Waals surface area contributed by atoms with Gasteiger partial charge >= 0.3 is 0 Å². The molecule has 0 radical (unpaired) electrons. The molecule has 4 rings (SSSR count). The van der Waals surface area contributed by atoms with Crippen molar-refractivity contribution in [2.24, 2.45) is 0 Å². The van der Waals surface area contributed by atoms with Crippen molar-refractivity contribution in [3.63, 3.8) is 0 Å². The van der Waals surface area contributed by atoms with E-state index in [4.69, 9.17) is 4.42 Å². The van der Waals surface area contributed by atoms with Gasteiger partial charge in [0.25, 0.3) is 0 Å². The van der Waals surface area contributed by atoms with Gasteiger partial charge in [0.15, 0.2) is 0 Å². The molecule has 4 aromatic rings. The SMILES string of the molecule is Cc1oc(-c2ccccc2)nc1CSc1nnnn1Cc1ccccc1. The lowest BCUT2D eigenvalue weighted by atomic mass is 10.2. The van der Waals surface area contributed by atoms with Crippen LogP contribution in [-0.4, -0.2) is 25.2 Å². The van der Waals surface area contributed by atoms with Crippen LogP contribution >= 0.6 is 11.8 Å². The molecule has 7 heteroatoms. The van der Waals surface area contributed by atoms with E-state index in [0.29, 0.717) is 18.2 Å². The molecule has 0 bridgehead atoms. The first-order valence-corrected chi connectivity index (χ1v) is 9.23. The molecule has 6 nitrogen and oxygen atoms in total. The minimum atomic E-state index is 0.641. The molecule has 0 N–H and O–H groups in total. The third-order valence-electron chi connectivity index (χ3n) is 3.93. The first-order chi connectivity index (χ1) is 12.8. The zero-order valence-corrected chi connectivity index (χ0v) is 15.1. The summed E-state index contributed by atoms with van der Waals surface area (Å²) >= 11 is 1.55. The number of tetrazole rings is 1. The van der Waals surface area contributed by atoms with Crippen LogP contribution in [0, 0.1) is 6.92 Å². The second-order valence-electron chi connectivity index (χ2n) is 5.78. The van der Waals surface area contributed by atoms with E-state index in [1.807, 2.05) is 55.5 Å². The average molecular weight is 363 g/mol. The van der Waals surface area contributed by atoms with Crippen molar-refractivity contribution < 1.29 is 4.42 Å². The van der Waals surface area contributed by atoms with Gasteiger partial charge in [0.1, 0.15) is 5.76 Å². The van der Waals surface area contributed by atoms with Crippen LogP contribution in [0.5, 0.6) is 0 Å². The Hall–Kier alpha value is -2.93. The molecule has 2 aromatic heterocycles. The van der Waals surface area contributed by atoms with Crippen molar-refractivity contribution in [1.82, 2.24) is 25.2 Å². The fourth-order valence-electron chi connectivity index (χ4n) is 2.55. The van der Waals surface area contributed by atoms with E-state index in [1.165, 1.54) is 0 Å². The van der Waals surface area contributed by atoms with E-state index < -0.39 is 0 Å². The number of oxazole rings is 1. The maximum atomic E-state index is 5.81. The molecule has 0 aliphatic carbocycles. The maximum Gasteiger partial charge on any atom is 0.226 e. The third-order valence-corrected chi connectivity index (χ3v) is 4.89. The van der Waals surface area contributed by atoms with Crippen molar-refractivity contribution in [2.45, 2.75) is 24.4 Å². The molecule has 0 spiro atoms. The van der Waals surface area contributed by atoms with Gasteiger partial charge in [-0.25, -0.2) is 9.67 Å². The van der Waals surface area contributed by atoms with Crippen LogP contribution in [-0.2, 0) is 12.3 Å². The molecule has 0 amide bonds. The summed E-state index contributed by atoms with van der Waals surface area (Å²) in [7, 11) is 0. The van der Waals surface area contributed by atoms with Crippen LogP contribution in [0.4, 0.5) is 0 Å². The van der Waals surface area contributed by atoms with E-state index in [-0.39, 0.29) is 0 Å². The molecule has 0 saturated heterocycles. The van der Waals surface area contributed by atoms with Gasteiger partial charge in [-0.3, -0.25) is 0 Å². The van der Waals surface area contributed by atoms with Gasteiger partial charge in [-0.1, -0.05) is 60.3 Å². The Kier molecular flexibility index (Phi) is 4.79. The van der Waals surface area contributed by atoms with Crippen LogP contribution in [0.1, 0.15) is 17.0 Å². The predicted molar refractivity (Wildman–Crippen MR) is 99.6 cm³/mol. The second kappa shape index (κ2) is 7.53. The lowest BCUT2D eigenvalue weighted by Gasteiger charge is -2.03. The average Bonchev–Trinajstić information content (AvgIpc) is 3.28.